The van der Waals surface area contributed by atoms with E-state index in [-0.39, 0.29) is 41.3 Å². The lowest BCUT2D eigenvalue weighted by Crippen LogP contribution is -2.38. The van der Waals surface area contributed by atoms with E-state index in [1.165, 1.54) is 40.2 Å². The second kappa shape index (κ2) is 15.4. The van der Waals surface area contributed by atoms with Gasteiger partial charge in [-0.05, 0) is 38.2 Å². The molecule has 6 atom stereocenters. The zero-order chi connectivity index (χ0) is 31.7. The SMILES string of the molecule is COC1/C=C\C=C(/C)C(=O)NC2=CC(=O)C(NC(C)=O)=C(C[C@@H](C)CC(OC)[C@H](O)C(C)/C=C(\C)C1OC(N)=O)C2=O. The van der Waals surface area contributed by atoms with Crippen molar-refractivity contribution in [3.63, 3.8) is 0 Å². The number of methoxy groups -OCH3 is 2. The standard InChI is InChI=1S/C30H41N3O9/c1-15-11-20-25(32-19(5)34)22(35)14-21(27(20)37)33-29(38)16(2)9-8-10-23(40-6)28(42-30(31)39)18(4)13-17(3)26(36)24(12-15)41-7/h8-10,13-15,17,23-24,26,28,36H,11-12H2,1-7H3,(H2,31,39)(H,32,34)(H,33,38)/b10-8-,16-9+,18-13+/t15-,17?,23?,24?,26-,28?/m1/s1. The minimum Gasteiger partial charge on any atom is -0.439 e. The molecule has 0 spiro atoms. The van der Waals surface area contributed by atoms with Gasteiger partial charge < -0.3 is 35.7 Å². The minimum atomic E-state index is -1.02. The molecular weight excluding hydrogens is 546 g/mol. The number of carbonyl (C=O) groups excluding carboxylic acids is 5. The van der Waals surface area contributed by atoms with Gasteiger partial charge in [0.15, 0.2) is 6.10 Å². The van der Waals surface area contributed by atoms with Gasteiger partial charge in [0.25, 0.3) is 5.91 Å². The summed E-state index contributed by atoms with van der Waals surface area (Å²) in [6.07, 6.45) is 3.15. The number of aliphatic hydroxyl groups excluding tert-OH is 1. The Bertz CT molecular complexity index is 1240. The van der Waals surface area contributed by atoms with Crippen LogP contribution in [0.3, 0.4) is 0 Å². The highest BCUT2D eigenvalue weighted by Gasteiger charge is 2.33. The van der Waals surface area contributed by atoms with Crippen molar-refractivity contribution >= 4 is 29.5 Å². The number of nitrogens with two attached hydrogens (primary N) is 1. The molecule has 3 amide bonds. The molecule has 0 aromatic carbocycles. The average Bonchev–Trinajstić information content (AvgIpc) is 2.91. The van der Waals surface area contributed by atoms with Crippen LogP contribution in [0.5, 0.6) is 0 Å². The molecule has 1 aliphatic heterocycles. The van der Waals surface area contributed by atoms with Crippen molar-refractivity contribution in [3.8, 4) is 0 Å². The predicted molar refractivity (Wildman–Crippen MR) is 153 cm³/mol. The van der Waals surface area contributed by atoms with E-state index in [2.05, 4.69) is 10.6 Å². The number of fused-ring (bicyclic) bond motifs is 2. The fraction of sp³-hybridized carbons (Fsp3) is 0.500. The van der Waals surface area contributed by atoms with Gasteiger partial charge in [-0.15, -0.1) is 0 Å². The van der Waals surface area contributed by atoms with E-state index in [9.17, 15) is 29.1 Å². The Hall–Kier alpha value is -3.87. The van der Waals surface area contributed by atoms with Gasteiger partial charge in [0, 0.05) is 44.3 Å². The monoisotopic (exact) mass is 587 g/mol. The first-order chi connectivity index (χ1) is 19.7. The van der Waals surface area contributed by atoms with Crippen LogP contribution in [0.4, 0.5) is 4.79 Å². The summed E-state index contributed by atoms with van der Waals surface area (Å²) in [5.41, 5.74) is 5.76. The molecule has 12 nitrogen and oxygen atoms in total. The fourth-order valence-corrected chi connectivity index (χ4v) is 4.90. The van der Waals surface area contributed by atoms with Crippen molar-refractivity contribution in [2.45, 2.75) is 71.9 Å². The van der Waals surface area contributed by atoms with Gasteiger partial charge in [0.1, 0.15) is 6.10 Å². The molecule has 0 saturated heterocycles. The van der Waals surface area contributed by atoms with Crippen molar-refractivity contribution in [3.05, 3.63) is 58.5 Å². The Labute approximate surface area is 245 Å². The first kappa shape index (κ1) is 34.3. The molecule has 230 valence electrons. The normalized spacial score (nSPS) is 31.6. The number of Topliss-reactive ketones (excluding diaryl/α,β-unsaturated/α-hetero) is 1. The van der Waals surface area contributed by atoms with Gasteiger partial charge in [0.05, 0.1) is 23.6 Å². The van der Waals surface area contributed by atoms with Gasteiger partial charge in [-0.2, -0.15) is 0 Å². The summed E-state index contributed by atoms with van der Waals surface area (Å²) in [4.78, 5) is 62.9. The Kier molecular flexibility index (Phi) is 12.6. The summed E-state index contributed by atoms with van der Waals surface area (Å²) in [6, 6.07) is 0. The Balaban J connectivity index is 2.64. The average molecular weight is 588 g/mol. The van der Waals surface area contributed by atoms with E-state index < -0.39 is 59.8 Å². The molecule has 1 aliphatic carbocycles. The molecule has 0 fully saturated rings. The van der Waals surface area contributed by atoms with Gasteiger partial charge in [0.2, 0.25) is 17.5 Å². The molecule has 0 saturated carbocycles. The molecule has 0 aromatic rings. The van der Waals surface area contributed by atoms with Crippen LogP contribution >= 0.6 is 0 Å². The molecule has 2 rings (SSSR count). The second-order valence-corrected chi connectivity index (χ2v) is 10.6. The van der Waals surface area contributed by atoms with Crippen molar-refractivity contribution in [2.24, 2.45) is 17.6 Å². The Morgan fingerprint density at radius 2 is 1.79 bits per heavy atom. The third-order valence-corrected chi connectivity index (χ3v) is 7.09. The van der Waals surface area contributed by atoms with Crippen LogP contribution in [0.2, 0.25) is 0 Å². The Morgan fingerprint density at radius 3 is 2.36 bits per heavy atom. The van der Waals surface area contributed by atoms with E-state index in [1.54, 1.807) is 26.0 Å². The highest BCUT2D eigenvalue weighted by Crippen LogP contribution is 2.28. The van der Waals surface area contributed by atoms with Gasteiger partial charge in [-0.3, -0.25) is 19.2 Å². The highest BCUT2D eigenvalue weighted by atomic mass is 16.6. The molecular formula is C30H41N3O9. The van der Waals surface area contributed by atoms with Crippen molar-refractivity contribution in [2.75, 3.05) is 14.2 Å². The van der Waals surface area contributed by atoms with E-state index in [4.69, 9.17) is 19.9 Å². The molecule has 4 unspecified atom stereocenters. The molecule has 0 radical (unpaired) electrons. The molecule has 2 bridgehead atoms. The predicted octanol–water partition coefficient (Wildman–Crippen LogP) is 1.90. The maximum absolute atomic E-state index is 13.5. The largest absolute Gasteiger partial charge is 0.439 e. The Morgan fingerprint density at radius 1 is 1.12 bits per heavy atom. The summed E-state index contributed by atoms with van der Waals surface area (Å²) in [7, 11) is 2.87. The van der Waals surface area contributed by atoms with Crippen molar-refractivity contribution in [1.29, 1.82) is 0 Å². The first-order valence-corrected chi connectivity index (χ1v) is 13.6. The van der Waals surface area contributed by atoms with Crippen LogP contribution in [0, 0.1) is 11.8 Å². The number of primary amides is 1. The second-order valence-electron chi connectivity index (χ2n) is 10.6. The number of hydrogen-bond acceptors (Lipinski definition) is 9. The number of amides is 3. The first-order valence-electron chi connectivity index (χ1n) is 13.6. The van der Waals surface area contributed by atoms with Crippen LogP contribution < -0.4 is 16.4 Å². The van der Waals surface area contributed by atoms with E-state index in [1.807, 2.05) is 6.92 Å². The van der Waals surface area contributed by atoms with Gasteiger partial charge in [-0.1, -0.05) is 38.2 Å². The number of ketones is 2. The maximum Gasteiger partial charge on any atom is 0.405 e. The number of carbonyl (C=O) groups is 5. The van der Waals surface area contributed by atoms with E-state index in [0.29, 0.717) is 5.57 Å². The molecule has 0 aromatic heterocycles. The number of nitrogens with one attached hydrogen (secondary N) is 2. The van der Waals surface area contributed by atoms with Crippen molar-refractivity contribution < 1.29 is 43.3 Å². The summed E-state index contributed by atoms with van der Waals surface area (Å²) in [5.74, 6) is -3.17. The number of hydrogen-bond donors (Lipinski definition) is 4. The van der Waals surface area contributed by atoms with Crippen LogP contribution in [-0.4, -0.2) is 73.2 Å². The van der Waals surface area contributed by atoms with Crippen LogP contribution in [0.15, 0.2) is 58.5 Å². The minimum absolute atomic E-state index is 0.0439. The quantitative estimate of drug-likeness (QED) is 0.282. The lowest BCUT2D eigenvalue weighted by atomic mass is 9.85. The van der Waals surface area contributed by atoms with Crippen molar-refractivity contribution in [1.82, 2.24) is 10.6 Å². The lowest BCUT2D eigenvalue weighted by Gasteiger charge is -2.30. The number of ether oxygens (including phenoxy) is 3. The van der Waals surface area contributed by atoms with Gasteiger partial charge >= 0.3 is 6.09 Å². The van der Waals surface area contributed by atoms with Crippen LogP contribution in [0.25, 0.3) is 0 Å². The van der Waals surface area contributed by atoms with Crippen LogP contribution in [0.1, 0.15) is 47.5 Å². The summed E-state index contributed by atoms with van der Waals surface area (Å²) in [6.45, 7) is 8.04. The third-order valence-electron chi connectivity index (χ3n) is 7.09. The summed E-state index contributed by atoms with van der Waals surface area (Å²) >= 11 is 0. The lowest BCUT2D eigenvalue weighted by molar-refractivity contribution is -0.122. The topological polar surface area (TPSA) is 183 Å². The molecule has 5 N–H and O–H groups in total. The summed E-state index contributed by atoms with van der Waals surface area (Å²) in [5, 5.41) is 16.1. The highest BCUT2D eigenvalue weighted by molar-refractivity contribution is 6.24. The number of aliphatic hydroxyl groups is 1. The van der Waals surface area contributed by atoms with Crippen LogP contribution in [-0.2, 0) is 33.4 Å². The molecule has 42 heavy (non-hydrogen) atoms. The number of rotatable bonds is 4. The van der Waals surface area contributed by atoms with Gasteiger partial charge in [-0.25, -0.2) is 4.79 Å². The summed E-state index contributed by atoms with van der Waals surface area (Å²) < 4.78 is 16.5. The van der Waals surface area contributed by atoms with E-state index in [0.717, 1.165) is 6.08 Å². The third kappa shape index (κ3) is 9.07. The molecule has 1 heterocycles. The smallest absolute Gasteiger partial charge is 0.405 e. The molecule has 2 aliphatic rings. The zero-order valence-corrected chi connectivity index (χ0v) is 25.1. The fourth-order valence-electron chi connectivity index (χ4n) is 4.90. The molecule has 12 heteroatoms. The maximum atomic E-state index is 13.5. The van der Waals surface area contributed by atoms with E-state index >= 15 is 0 Å². The number of allylic oxidation sites excluding steroid dienone is 4. The zero-order valence-electron chi connectivity index (χ0n) is 25.1.